The second-order valence-electron chi connectivity index (χ2n) is 4.39. The first-order valence-electron chi connectivity index (χ1n) is 4.84. The summed E-state index contributed by atoms with van der Waals surface area (Å²) in [5.41, 5.74) is 1.71. The molecule has 0 saturated carbocycles. The van der Waals surface area contributed by atoms with Gasteiger partial charge in [-0.1, -0.05) is 11.6 Å². The molecule has 0 aliphatic rings. The molecule has 1 rings (SSSR count). The quantitative estimate of drug-likeness (QED) is 0.449. The van der Waals surface area contributed by atoms with Gasteiger partial charge in [0.15, 0.2) is 0 Å². The van der Waals surface area contributed by atoms with Crippen molar-refractivity contribution in [3.8, 4) is 0 Å². The predicted octanol–water partition coefficient (Wildman–Crippen LogP) is 4.67. The van der Waals surface area contributed by atoms with Gasteiger partial charge in [0.2, 0.25) is 0 Å². The summed E-state index contributed by atoms with van der Waals surface area (Å²) in [7, 11) is 0. The fourth-order valence-electron chi connectivity index (χ4n) is 0.959. The summed E-state index contributed by atoms with van der Waals surface area (Å²) < 4.78 is 5.33. The Hall–Kier alpha value is -0.0600. The molecule has 0 amide bonds. The number of halogens is 2. The van der Waals surface area contributed by atoms with E-state index in [1.54, 1.807) is 6.21 Å². The molecule has 1 aromatic heterocycles. The van der Waals surface area contributed by atoms with Crippen LogP contribution in [0.3, 0.4) is 0 Å². The molecule has 88 valence electrons. The molecule has 0 fully saturated rings. The normalized spacial score (nSPS) is 12.4. The summed E-state index contributed by atoms with van der Waals surface area (Å²) in [5, 5.41) is 0.477. The van der Waals surface area contributed by atoms with Crippen molar-refractivity contribution in [1.82, 2.24) is 4.98 Å². The number of aryl methyl sites for hydroxylation is 1. The van der Waals surface area contributed by atoms with Crippen LogP contribution in [0, 0.1) is 6.92 Å². The first kappa shape index (κ1) is 14.0. The van der Waals surface area contributed by atoms with Gasteiger partial charge in [0.1, 0.15) is 5.15 Å². The van der Waals surface area contributed by atoms with E-state index in [4.69, 9.17) is 11.6 Å². The van der Waals surface area contributed by atoms with E-state index in [-0.39, 0.29) is 4.75 Å². The van der Waals surface area contributed by atoms with Crippen LogP contribution in [0.15, 0.2) is 14.9 Å². The Morgan fingerprint density at radius 1 is 1.50 bits per heavy atom. The molecule has 16 heavy (non-hydrogen) atoms. The third-order valence-electron chi connectivity index (χ3n) is 1.60. The Bertz CT molecular complexity index is 390. The minimum absolute atomic E-state index is 0.105. The Balaban J connectivity index is 2.90. The third kappa shape index (κ3) is 4.44. The van der Waals surface area contributed by atoms with Crippen LogP contribution in [0.1, 0.15) is 32.0 Å². The molecule has 1 heterocycles. The zero-order chi connectivity index (χ0) is 12.3. The van der Waals surface area contributed by atoms with Crippen LogP contribution in [0.4, 0.5) is 0 Å². The average Bonchev–Trinajstić information content (AvgIpc) is 2.07. The van der Waals surface area contributed by atoms with E-state index in [2.05, 4.69) is 46.1 Å². The topological polar surface area (TPSA) is 25.2 Å². The largest absolute Gasteiger partial charge is 0.241 e. The van der Waals surface area contributed by atoms with Crippen molar-refractivity contribution in [2.45, 2.75) is 32.4 Å². The SMILES string of the molecule is Cc1cc(Br)c(/C=N/SC(C)(C)C)c(Cl)n1. The molecule has 0 saturated heterocycles. The van der Waals surface area contributed by atoms with Crippen molar-refractivity contribution in [2.75, 3.05) is 0 Å². The second kappa shape index (κ2) is 5.52. The van der Waals surface area contributed by atoms with Crippen LogP contribution < -0.4 is 0 Å². The summed E-state index contributed by atoms with van der Waals surface area (Å²) >= 11 is 11.0. The standard InChI is InChI=1S/C11H14BrClN2S/c1-7-5-9(12)8(10(13)15-7)6-14-16-11(2,3)4/h5-6H,1-4H3/b14-6+. The smallest absolute Gasteiger partial charge is 0.139 e. The van der Waals surface area contributed by atoms with Gasteiger partial charge < -0.3 is 0 Å². The van der Waals surface area contributed by atoms with Gasteiger partial charge in [-0.25, -0.2) is 9.38 Å². The summed E-state index contributed by atoms with van der Waals surface area (Å²) in [5.74, 6) is 0. The molecule has 2 nitrogen and oxygen atoms in total. The van der Waals surface area contributed by atoms with Gasteiger partial charge >= 0.3 is 0 Å². The number of nitrogens with zero attached hydrogens (tertiary/aromatic N) is 2. The van der Waals surface area contributed by atoms with Gasteiger partial charge in [0.05, 0.1) is 0 Å². The van der Waals surface area contributed by atoms with E-state index < -0.39 is 0 Å². The maximum Gasteiger partial charge on any atom is 0.139 e. The molecule has 0 spiro atoms. The van der Waals surface area contributed by atoms with E-state index in [9.17, 15) is 0 Å². The van der Waals surface area contributed by atoms with Crippen molar-refractivity contribution in [1.29, 1.82) is 0 Å². The molecule has 0 unspecified atom stereocenters. The van der Waals surface area contributed by atoms with E-state index in [0.717, 1.165) is 15.7 Å². The molecular formula is C11H14BrClN2S. The van der Waals surface area contributed by atoms with Crippen molar-refractivity contribution in [3.05, 3.63) is 26.9 Å². The predicted molar refractivity (Wildman–Crippen MR) is 76.6 cm³/mol. The monoisotopic (exact) mass is 320 g/mol. The molecule has 5 heteroatoms. The molecule has 0 aromatic carbocycles. The lowest BCUT2D eigenvalue weighted by Gasteiger charge is -2.12. The lowest BCUT2D eigenvalue weighted by Crippen LogP contribution is -2.05. The molecular weight excluding hydrogens is 308 g/mol. The zero-order valence-electron chi connectivity index (χ0n) is 9.71. The first-order chi connectivity index (χ1) is 7.29. The summed E-state index contributed by atoms with van der Waals surface area (Å²) in [6, 6.07) is 1.93. The highest BCUT2D eigenvalue weighted by molar-refractivity contribution is 9.10. The van der Waals surface area contributed by atoms with Crippen LogP contribution in [-0.4, -0.2) is 15.9 Å². The van der Waals surface area contributed by atoms with Crippen molar-refractivity contribution >= 4 is 45.7 Å². The van der Waals surface area contributed by atoms with Crippen LogP contribution in [0.5, 0.6) is 0 Å². The Morgan fingerprint density at radius 2 is 2.12 bits per heavy atom. The molecule has 0 atom stereocenters. The molecule has 0 aliphatic heterocycles. The number of hydrogen-bond donors (Lipinski definition) is 0. The van der Waals surface area contributed by atoms with Crippen molar-refractivity contribution in [2.24, 2.45) is 4.40 Å². The third-order valence-corrected chi connectivity index (χ3v) is 3.30. The van der Waals surface area contributed by atoms with E-state index in [1.807, 2.05) is 13.0 Å². The van der Waals surface area contributed by atoms with E-state index in [0.29, 0.717) is 5.15 Å². The van der Waals surface area contributed by atoms with Crippen LogP contribution in [0.2, 0.25) is 5.15 Å². The minimum atomic E-state index is 0.105. The Kier molecular flexibility index (Phi) is 4.83. The number of hydrogen-bond acceptors (Lipinski definition) is 3. The zero-order valence-corrected chi connectivity index (χ0v) is 12.9. The maximum absolute atomic E-state index is 6.04. The Labute approximate surface area is 114 Å². The number of rotatable bonds is 2. The van der Waals surface area contributed by atoms with Gasteiger partial charge in [-0.15, -0.1) is 0 Å². The first-order valence-corrected chi connectivity index (χ1v) is 6.78. The minimum Gasteiger partial charge on any atom is -0.241 e. The fourth-order valence-corrected chi connectivity index (χ4v) is 2.45. The summed E-state index contributed by atoms with van der Waals surface area (Å²) in [6.45, 7) is 8.23. The molecule has 0 aliphatic carbocycles. The summed E-state index contributed by atoms with van der Waals surface area (Å²) in [6.07, 6.45) is 1.74. The van der Waals surface area contributed by atoms with Gasteiger partial charge in [0.25, 0.3) is 0 Å². The highest BCUT2D eigenvalue weighted by Crippen LogP contribution is 2.26. The van der Waals surface area contributed by atoms with E-state index >= 15 is 0 Å². The summed E-state index contributed by atoms with van der Waals surface area (Å²) in [4.78, 5) is 4.18. The van der Waals surface area contributed by atoms with Crippen LogP contribution in [-0.2, 0) is 0 Å². The maximum atomic E-state index is 6.04. The van der Waals surface area contributed by atoms with Crippen LogP contribution in [0.25, 0.3) is 0 Å². The van der Waals surface area contributed by atoms with E-state index in [1.165, 1.54) is 11.9 Å². The van der Waals surface area contributed by atoms with Gasteiger partial charge in [-0.2, -0.15) is 0 Å². The number of pyridine rings is 1. The molecule has 1 aromatic rings. The second-order valence-corrected chi connectivity index (χ2v) is 7.22. The molecule has 0 radical (unpaired) electrons. The van der Waals surface area contributed by atoms with Crippen molar-refractivity contribution in [3.63, 3.8) is 0 Å². The van der Waals surface area contributed by atoms with Gasteiger partial charge in [-0.05, 0) is 61.6 Å². The van der Waals surface area contributed by atoms with Crippen LogP contribution >= 0.6 is 39.5 Å². The highest BCUT2D eigenvalue weighted by atomic mass is 79.9. The van der Waals surface area contributed by atoms with Crippen molar-refractivity contribution < 1.29 is 0 Å². The lowest BCUT2D eigenvalue weighted by atomic mass is 10.3. The lowest BCUT2D eigenvalue weighted by molar-refractivity contribution is 0.804. The molecule has 0 bridgehead atoms. The number of aromatic nitrogens is 1. The fraction of sp³-hybridized carbons (Fsp3) is 0.455. The molecule has 0 N–H and O–H groups in total. The van der Waals surface area contributed by atoms with Gasteiger partial charge in [-0.3, -0.25) is 0 Å². The highest BCUT2D eigenvalue weighted by Gasteiger charge is 2.10. The average molecular weight is 322 g/mol. The Morgan fingerprint density at radius 3 is 2.62 bits per heavy atom. The van der Waals surface area contributed by atoms with Gasteiger partial charge in [0, 0.05) is 26.7 Å².